The second-order valence-electron chi connectivity index (χ2n) is 8.03. The number of rotatable bonds is 8. The van der Waals surface area contributed by atoms with Crippen LogP contribution in [0, 0.1) is 5.82 Å². The summed E-state index contributed by atoms with van der Waals surface area (Å²) < 4.78 is 18.0. The molecule has 2 aromatic carbocycles. The lowest BCUT2D eigenvalue weighted by atomic mass is 10.2. The lowest BCUT2D eigenvalue weighted by Gasteiger charge is -2.19. The average molecular weight is 442 g/mol. The molecule has 0 bridgehead atoms. The molecule has 0 aromatic heterocycles. The van der Waals surface area contributed by atoms with Crippen molar-refractivity contribution < 1.29 is 23.5 Å². The summed E-state index contributed by atoms with van der Waals surface area (Å²) in [5.41, 5.74) is 1.50. The number of hydrogen-bond donors (Lipinski definition) is 3. The van der Waals surface area contributed by atoms with Gasteiger partial charge < -0.3 is 20.7 Å². The van der Waals surface area contributed by atoms with Gasteiger partial charge in [-0.25, -0.2) is 9.18 Å². The van der Waals surface area contributed by atoms with Crippen LogP contribution >= 0.6 is 0 Å². The number of benzene rings is 2. The summed E-state index contributed by atoms with van der Waals surface area (Å²) in [7, 11) is 0. The van der Waals surface area contributed by atoms with Gasteiger partial charge in [-0.3, -0.25) is 9.59 Å². The van der Waals surface area contributed by atoms with Gasteiger partial charge in [0.05, 0.1) is 0 Å². The van der Waals surface area contributed by atoms with Crippen molar-refractivity contribution >= 4 is 29.7 Å². The van der Waals surface area contributed by atoms with E-state index in [0.29, 0.717) is 11.3 Å². The largest absolute Gasteiger partial charge is 0.444 e. The first-order valence-corrected chi connectivity index (χ1v) is 10.2. The summed E-state index contributed by atoms with van der Waals surface area (Å²) in [6, 6.07) is 12.9. The number of alkyl carbamates (subject to hydrolysis) is 1. The van der Waals surface area contributed by atoms with Crippen LogP contribution in [0.2, 0.25) is 0 Å². The Labute approximate surface area is 187 Å². The van der Waals surface area contributed by atoms with Crippen molar-refractivity contribution in [2.45, 2.75) is 39.3 Å². The fourth-order valence-electron chi connectivity index (χ4n) is 2.57. The Bertz CT molecular complexity index is 966. The second-order valence-corrected chi connectivity index (χ2v) is 8.03. The van der Waals surface area contributed by atoms with E-state index in [2.05, 4.69) is 16.0 Å². The highest BCUT2D eigenvalue weighted by Crippen LogP contribution is 2.11. The van der Waals surface area contributed by atoms with Crippen molar-refractivity contribution in [3.8, 4) is 0 Å². The summed E-state index contributed by atoms with van der Waals surface area (Å²) in [4.78, 5) is 35.7. The first kappa shape index (κ1) is 24.6. The van der Waals surface area contributed by atoms with Crippen LogP contribution < -0.4 is 16.0 Å². The van der Waals surface area contributed by atoms with Gasteiger partial charge in [0.2, 0.25) is 11.8 Å². The van der Waals surface area contributed by atoms with Gasteiger partial charge >= 0.3 is 6.09 Å². The minimum absolute atomic E-state index is 0.0917. The monoisotopic (exact) mass is 441 g/mol. The van der Waals surface area contributed by atoms with E-state index in [1.807, 2.05) is 6.07 Å². The lowest BCUT2D eigenvalue weighted by molar-refractivity contribution is -0.117. The Morgan fingerprint density at radius 1 is 1.03 bits per heavy atom. The van der Waals surface area contributed by atoms with Crippen LogP contribution in [0.3, 0.4) is 0 Å². The second kappa shape index (κ2) is 11.6. The van der Waals surface area contributed by atoms with Crippen LogP contribution in [0.5, 0.6) is 0 Å². The minimum atomic E-state index is -0.598. The van der Waals surface area contributed by atoms with E-state index in [0.717, 1.165) is 5.56 Å². The fraction of sp³-hybridized carbons (Fsp3) is 0.292. The van der Waals surface area contributed by atoms with Crippen LogP contribution in [0.15, 0.2) is 54.6 Å². The molecule has 0 aliphatic rings. The molecule has 7 nitrogen and oxygen atoms in total. The van der Waals surface area contributed by atoms with Crippen LogP contribution in [0.25, 0.3) is 6.08 Å². The molecule has 32 heavy (non-hydrogen) atoms. The molecule has 0 saturated carbocycles. The summed E-state index contributed by atoms with van der Waals surface area (Å²) in [6.07, 6.45) is 2.48. The van der Waals surface area contributed by atoms with E-state index >= 15 is 0 Å². The van der Waals surface area contributed by atoms with E-state index in [1.165, 1.54) is 18.2 Å². The van der Waals surface area contributed by atoms with E-state index < -0.39 is 11.7 Å². The highest BCUT2D eigenvalue weighted by molar-refractivity contribution is 5.92. The molecule has 2 aromatic rings. The van der Waals surface area contributed by atoms with E-state index in [4.69, 9.17) is 4.74 Å². The Kier molecular flexibility index (Phi) is 8.95. The Balaban J connectivity index is 1.76. The zero-order valence-corrected chi connectivity index (χ0v) is 18.4. The summed E-state index contributed by atoms with van der Waals surface area (Å²) in [5.74, 6) is -0.890. The smallest absolute Gasteiger partial charge is 0.407 e. The van der Waals surface area contributed by atoms with Gasteiger partial charge in [-0.15, -0.1) is 0 Å². The number of amides is 3. The molecule has 2 rings (SSSR count). The number of nitrogens with one attached hydrogen (secondary N) is 3. The molecule has 0 atom stereocenters. The van der Waals surface area contributed by atoms with Gasteiger partial charge in [-0.2, -0.15) is 0 Å². The first-order valence-electron chi connectivity index (χ1n) is 10.2. The average Bonchev–Trinajstić information content (AvgIpc) is 2.71. The standard InChI is InChI=1S/C24H28FN3O4/c1-24(2,3)32-23(31)26-14-13-22(30)28-20-6-4-5-18(15-20)16-27-21(29)12-9-17-7-10-19(25)11-8-17/h4-12,15H,13-14,16H2,1-3H3,(H,26,31)(H,27,29)(H,28,30)/b12-9+. The number of ether oxygens (including phenoxy) is 1. The topological polar surface area (TPSA) is 96.5 Å². The number of carbonyl (C=O) groups is 3. The normalized spacial score (nSPS) is 11.1. The fourth-order valence-corrected chi connectivity index (χ4v) is 2.57. The molecular weight excluding hydrogens is 413 g/mol. The van der Waals surface area contributed by atoms with E-state index in [1.54, 1.807) is 57.2 Å². The van der Waals surface area contributed by atoms with Gasteiger partial charge in [-0.05, 0) is 62.2 Å². The number of halogens is 1. The van der Waals surface area contributed by atoms with Gasteiger partial charge in [0.25, 0.3) is 0 Å². The lowest BCUT2D eigenvalue weighted by Crippen LogP contribution is -2.34. The van der Waals surface area contributed by atoms with Gasteiger partial charge in [0.15, 0.2) is 0 Å². The summed E-state index contributed by atoms with van der Waals surface area (Å²) in [5, 5.41) is 8.04. The van der Waals surface area contributed by atoms with Crippen molar-refractivity contribution in [1.29, 1.82) is 0 Å². The SMILES string of the molecule is CC(C)(C)OC(=O)NCCC(=O)Nc1cccc(CNC(=O)/C=C/c2ccc(F)cc2)c1. The molecule has 0 saturated heterocycles. The number of anilines is 1. The molecule has 0 radical (unpaired) electrons. The molecule has 0 fully saturated rings. The Morgan fingerprint density at radius 3 is 2.44 bits per heavy atom. The molecule has 170 valence electrons. The molecule has 8 heteroatoms. The predicted octanol–water partition coefficient (Wildman–Crippen LogP) is 4.01. The molecule has 0 spiro atoms. The molecule has 0 unspecified atom stereocenters. The highest BCUT2D eigenvalue weighted by atomic mass is 19.1. The van der Waals surface area contributed by atoms with E-state index in [-0.39, 0.29) is 37.1 Å². The minimum Gasteiger partial charge on any atom is -0.444 e. The maximum atomic E-state index is 12.9. The molecule has 0 aliphatic heterocycles. The summed E-state index contributed by atoms with van der Waals surface area (Å²) >= 11 is 0. The molecule has 3 N–H and O–H groups in total. The van der Waals surface area contributed by atoms with Crippen LogP contribution in [0.1, 0.15) is 38.3 Å². The van der Waals surface area contributed by atoms with E-state index in [9.17, 15) is 18.8 Å². The van der Waals surface area contributed by atoms with Crippen LogP contribution in [-0.4, -0.2) is 30.1 Å². The third-order valence-corrected chi connectivity index (χ3v) is 3.99. The predicted molar refractivity (Wildman–Crippen MR) is 121 cm³/mol. The van der Waals surface area contributed by atoms with Crippen molar-refractivity contribution in [2.75, 3.05) is 11.9 Å². The molecule has 3 amide bonds. The van der Waals surface area contributed by atoms with Crippen molar-refractivity contribution in [2.24, 2.45) is 0 Å². The zero-order valence-electron chi connectivity index (χ0n) is 18.4. The third kappa shape index (κ3) is 9.88. The van der Waals surface area contributed by atoms with Crippen molar-refractivity contribution in [1.82, 2.24) is 10.6 Å². The van der Waals surface area contributed by atoms with Crippen molar-refractivity contribution in [3.05, 3.63) is 71.6 Å². The summed E-state index contributed by atoms with van der Waals surface area (Å²) in [6.45, 7) is 5.71. The van der Waals surface area contributed by atoms with Gasteiger partial charge in [0.1, 0.15) is 11.4 Å². The number of hydrogen-bond acceptors (Lipinski definition) is 4. The first-order chi connectivity index (χ1) is 15.1. The quantitative estimate of drug-likeness (QED) is 0.540. The maximum absolute atomic E-state index is 12.9. The van der Waals surface area contributed by atoms with Crippen LogP contribution in [-0.2, 0) is 20.9 Å². The van der Waals surface area contributed by atoms with Crippen molar-refractivity contribution in [3.63, 3.8) is 0 Å². The third-order valence-electron chi connectivity index (χ3n) is 3.99. The molecule has 0 heterocycles. The van der Waals surface area contributed by atoms with Gasteiger partial charge in [0, 0.05) is 31.3 Å². The van der Waals surface area contributed by atoms with Gasteiger partial charge in [-0.1, -0.05) is 24.3 Å². The molecular formula is C24H28FN3O4. The number of carbonyl (C=O) groups excluding carboxylic acids is 3. The van der Waals surface area contributed by atoms with Crippen LogP contribution in [0.4, 0.5) is 14.9 Å². The Hall–Kier alpha value is -3.68. The zero-order chi connectivity index (χ0) is 23.6. The highest BCUT2D eigenvalue weighted by Gasteiger charge is 2.15. The Morgan fingerprint density at radius 2 is 1.75 bits per heavy atom. The maximum Gasteiger partial charge on any atom is 0.407 e. The molecule has 0 aliphatic carbocycles.